The lowest BCUT2D eigenvalue weighted by molar-refractivity contribution is -0.143. The highest BCUT2D eigenvalue weighted by Crippen LogP contribution is 2.06. The molecular weight excluding hydrogens is 750 g/mol. The van der Waals surface area contributed by atoms with E-state index in [9.17, 15) is 68.4 Å². The van der Waals surface area contributed by atoms with Crippen molar-refractivity contribution in [1.82, 2.24) is 37.2 Å². The van der Waals surface area contributed by atoms with E-state index < -0.39 is 158 Å². The molecule has 56 heavy (non-hydrogen) atoms. The van der Waals surface area contributed by atoms with Crippen LogP contribution in [0.4, 0.5) is 0 Å². The maximum Gasteiger partial charge on any atom is 0.326 e. The number of amides is 8. The molecule has 0 fully saturated rings. The number of aliphatic hydroxyl groups is 3. The molecule has 24 nitrogen and oxygen atoms in total. The van der Waals surface area contributed by atoms with Crippen LogP contribution >= 0.6 is 0 Å². The smallest absolute Gasteiger partial charge is 0.326 e. The molecule has 318 valence electrons. The number of nitrogens with one attached hydrogen (secondary N) is 7. The molecule has 0 aromatic carbocycles. The zero-order chi connectivity index (χ0) is 43.6. The third-order valence-electron chi connectivity index (χ3n) is 7.97. The Morgan fingerprint density at radius 1 is 0.536 bits per heavy atom. The molecule has 24 heteroatoms. The number of nitrogens with two attached hydrogens (primary N) is 2. The zero-order valence-electron chi connectivity index (χ0n) is 31.9. The first-order valence-corrected chi connectivity index (χ1v) is 17.4. The predicted molar refractivity (Wildman–Crippen MR) is 191 cm³/mol. The third kappa shape index (κ3) is 17.3. The molecule has 8 amide bonds. The van der Waals surface area contributed by atoms with Crippen molar-refractivity contribution in [1.29, 1.82) is 0 Å². The van der Waals surface area contributed by atoms with Crippen LogP contribution in [-0.4, -0.2) is 152 Å². The van der Waals surface area contributed by atoms with Gasteiger partial charge in [-0.25, -0.2) is 4.79 Å². The molecule has 9 atom stereocenters. The van der Waals surface area contributed by atoms with Crippen molar-refractivity contribution < 1.29 is 73.5 Å². The van der Waals surface area contributed by atoms with Crippen molar-refractivity contribution in [3.05, 3.63) is 0 Å². The van der Waals surface area contributed by atoms with E-state index in [1.807, 2.05) is 0 Å². The first kappa shape index (κ1) is 50.5. The van der Waals surface area contributed by atoms with Gasteiger partial charge >= 0.3 is 11.9 Å². The standard InChI is InChI=1S/C32H55N9O15/c1-12(2)22(39-26(49)16(33)9-21(46)47)30(53)37-19(11-43)29(52)41-24(15(6)44)31(54)38-18(10-42)28(51)36-17(7-8-20(34)45)27(50)35-14(5)25(48)40-23(13(3)4)32(55)56/h12-19,22-24,42-44H,7-11,33H2,1-6H3,(H2,34,45)(H,35,50)(H,36,51)(H,37,53)(H,38,54)(H,39,49)(H,40,48)(H,41,52)(H,46,47)(H,55,56)/t14-,15+,16-,17-,18-,19-,22-,23-,24-/m0/s1. The Morgan fingerprint density at radius 3 is 1.36 bits per heavy atom. The Hall–Kier alpha value is -5.46. The summed E-state index contributed by atoms with van der Waals surface area (Å²) in [6.07, 6.45) is -3.32. The van der Waals surface area contributed by atoms with E-state index in [1.54, 1.807) is 0 Å². The molecule has 0 radical (unpaired) electrons. The van der Waals surface area contributed by atoms with Gasteiger partial charge in [0.1, 0.15) is 42.3 Å². The number of primary amides is 1. The fraction of sp³-hybridized carbons (Fsp3) is 0.688. The normalized spacial score (nSPS) is 15.9. The van der Waals surface area contributed by atoms with E-state index >= 15 is 0 Å². The van der Waals surface area contributed by atoms with Gasteiger partial charge in [-0.05, 0) is 32.1 Å². The summed E-state index contributed by atoms with van der Waals surface area (Å²) >= 11 is 0. The van der Waals surface area contributed by atoms with Gasteiger partial charge in [-0.2, -0.15) is 0 Å². The van der Waals surface area contributed by atoms with E-state index in [4.69, 9.17) is 16.6 Å². The van der Waals surface area contributed by atoms with Crippen LogP contribution in [0.1, 0.15) is 60.8 Å². The van der Waals surface area contributed by atoms with Crippen LogP contribution in [0, 0.1) is 11.8 Å². The van der Waals surface area contributed by atoms with Crippen LogP contribution in [-0.2, 0) is 47.9 Å². The van der Waals surface area contributed by atoms with E-state index in [2.05, 4.69) is 37.2 Å². The SMILES string of the molecule is CC(C)[C@H](NC(=O)[C@H](C)NC(=O)[C@H](CCC(N)=O)NC(=O)[C@H](CO)NC(=O)[C@@H](NC(=O)[C@H](CO)NC(=O)[C@@H](NC(=O)[C@@H](N)CC(=O)O)C(C)C)[C@@H](C)O)C(=O)O. The quantitative estimate of drug-likeness (QED) is 0.0408. The molecule has 0 bridgehead atoms. The molecule has 0 aromatic heterocycles. The summed E-state index contributed by atoms with van der Waals surface area (Å²) in [5.74, 6) is -12.4. The van der Waals surface area contributed by atoms with Gasteiger partial charge < -0.3 is 74.2 Å². The highest BCUT2D eigenvalue weighted by molar-refractivity contribution is 5.98. The number of carboxylic acids is 2. The largest absolute Gasteiger partial charge is 0.481 e. The lowest BCUT2D eigenvalue weighted by atomic mass is 10.0. The maximum atomic E-state index is 13.2. The van der Waals surface area contributed by atoms with Gasteiger partial charge in [0.25, 0.3) is 0 Å². The molecule has 0 saturated heterocycles. The van der Waals surface area contributed by atoms with Gasteiger partial charge in [-0.1, -0.05) is 27.7 Å². The van der Waals surface area contributed by atoms with Crippen LogP contribution in [0.3, 0.4) is 0 Å². The lowest BCUT2D eigenvalue weighted by Gasteiger charge is -2.28. The second-order valence-corrected chi connectivity index (χ2v) is 13.5. The minimum Gasteiger partial charge on any atom is -0.481 e. The predicted octanol–water partition coefficient (Wildman–Crippen LogP) is -6.77. The van der Waals surface area contributed by atoms with Crippen molar-refractivity contribution in [2.24, 2.45) is 23.3 Å². The van der Waals surface area contributed by atoms with Crippen molar-refractivity contribution in [3.8, 4) is 0 Å². The van der Waals surface area contributed by atoms with Crippen LogP contribution in [0.25, 0.3) is 0 Å². The number of hydrogen-bond donors (Lipinski definition) is 14. The van der Waals surface area contributed by atoms with Crippen LogP contribution in [0.5, 0.6) is 0 Å². The average Bonchev–Trinajstić information content (AvgIpc) is 3.09. The highest BCUT2D eigenvalue weighted by Gasteiger charge is 2.35. The molecule has 0 rings (SSSR count). The van der Waals surface area contributed by atoms with Crippen molar-refractivity contribution >= 4 is 59.2 Å². The Labute approximate surface area is 321 Å². The monoisotopic (exact) mass is 805 g/mol. The Balaban J connectivity index is 5.87. The van der Waals surface area contributed by atoms with Crippen molar-refractivity contribution in [2.75, 3.05) is 13.2 Å². The van der Waals surface area contributed by atoms with Crippen molar-refractivity contribution in [2.45, 2.75) is 115 Å². The second-order valence-electron chi connectivity index (χ2n) is 13.5. The molecule has 0 saturated carbocycles. The van der Waals surface area contributed by atoms with Gasteiger partial charge in [0.05, 0.1) is 31.8 Å². The van der Waals surface area contributed by atoms with E-state index in [0.29, 0.717) is 0 Å². The Bertz CT molecular complexity index is 1440. The number of carbonyl (C=O) groups is 10. The minimum absolute atomic E-state index is 0.422. The first-order chi connectivity index (χ1) is 25.9. The van der Waals surface area contributed by atoms with Gasteiger partial charge in [-0.15, -0.1) is 0 Å². The average molecular weight is 806 g/mol. The van der Waals surface area contributed by atoms with Gasteiger partial charge in [0, 0.05) is 6.42 Å². The summed E-state index contributed by atoms with van der Waals surface area (Å²) < 4.78 is 0. The summed E-state index contributed by atoms with van der Waals surface area (Å²) in [5.41, 5.74) is 10.7. The summed E-state index contributed by atoms with van der Waals surface area (Å²) in [7, 11) is 0. The molecule has 0 unspecified atom stereocenters. The number of aliphatic carboxylic acids is 2. The van der Waals surface area contributed by atoms with Crippen LogP contribution < -0.4 is 48.7 Å². The molecule has 0 aliphatic carbocycles. The number of carboxylic acid groups (broad SMARTS) is 2. The molecule has 0 spiro atoms. The minimum atomic E-state index is -1.89. The number of aliphatic hydroxyl groups excluding tert-OH is 3. The Morgan fingerprint density at radius 2 is 0.946 bits per heavy atom. The van der Waals surface area contributed by atoms with Crippen LogP contribution in [0.15, 0.2) is 0 Å². The summed E-state index contributed by atoms with van der Waals surface area (Å²) in [4.78, 5) is 124. The van der Waals surface area contributed by atoms with E-state index in [0.717, 1.165) is 6.92 Å². The first-order valence-electron chi connectivity index (χ1n) is 17.4. The Kier molecular flexibility index (Phi) is 21.8. The van der Waals surface area contributed by atoms with E-state index in [1.165, 1.54) is 34.6 Å². The van der Waals surface area contributed by atoms with Gasteiger partial charge in [-0.3, -0.25) is 43.2 Å². The second kappa shape index (κ2) is 24.1. The third-order valence-corrected chi connectivity index (χ3v) is 7.97. The molecule has 0 aliphatic rings. The zero-order valence-corrected chi connectivity index (χ0v) is 31.9. The number of hydrogen-bond acceptors (Lipinski definition) is 14. The van der Waals surface area contributed by atoms with Gasteiger partial charge in [0.15, 0.2) is 0 Å². The molecule has 0 aromatic rings. The molecular formula is C32H55N9O15. The van der Waals surface area contributed by atoms with E-state index in [-0.39, 0.29) is 0 Å². The summed E-state index contributed by atoms with van der Waals surface area (Å²) in [6, 6.07) is -12.6. The van der Waals surface area contributed by atoms with Gasteiger partial charge in [0.2, 0.25) is 47.3 Å². The topological polar surface area (TPSA) is 408 Å². The van der Waals surface area contributed by atoms with Crippen LogP contribution in [0.2, 0.25) is 0 Å². The maximum absolute atomic E-state index is 13.2. The highest BCUT2D eigenvalue weighted by atomic mass is 16.4. The summed E-state index contributed by atoms with van der Waals surface area (Å²) in [6.45, 7) is 6.18. The molecule has 0 heterocycles. The fourth-order valence-electron chi connectivity index (χ4n) is 4.65. The summed E-state index contributed by atoms with van der Waals surface area (Å²) in [5, 5.41) is 63.6. The number of rotatable bonds is 25. The van der Waals surface area contributed by atoms with Crippen molar-refractivity contribution in [3.63, 3.8) is 0 Å². The molecule has 16 N–H and O–H groups in total. The molecule has 0 aliphatic heterocycles. The lowest BCUT2D eigenvalue weighted by Crippen LogP contribution is -2.63. The number of carbonyl (C=O) groups excluding carboxylic acids is 8. The fourth-order valence-corrected chi connectivity index (χ4v) is 4.65.